The highest BCUT2D eigenvalue weighted by atomic mass is 19.1. The second-order valence-corrected chi connectivity index (χ2v) is 4.92. The van der Waals surface area contributed by atoms with Gasteiger partial charge in [0.1, 0.15) is 17.3 Å². The van der Waals surface area contributed by atoms with Crippen LogP contribution in [-0.4, -0.2) is 25.3 Å². The molecule has 2 rings (SSSR count). The van der Waals surface area contributed by atoms with Gasteiger partial charge >= 0.3 is 0 Å². The molecule has 2 aromatic carbocycles. The molecule has 0 aliphatic heterocycles. The number of nitrogens with one attached hydrogen (secondary N) is 1. The summed E-state index contributed by atoms with van der Waals surface area (Å²) in [7, 11) is 1.58. The lowest BCUT2D eigenvalue weighted by molar-refractivity contribution is -0.123. The van der Waals surface area contributed by atoms with E-state index in [4.69, 9.17) is 9.47 Å². The van der Waals surface area contributed by atoms with E-state index < -0.39 is 0 Å². The Morgan fingerprint density at radius 2 is 1.71 bits per heavy atom. The molecular formula is C18H19FN2O3. The Morgan fingerprint density at radius 3 is 2.29 bits per heavy atom. The maximum absolute atomic E-state index is 12.9. The van der Waals surface area contributed by atoms with Crippen molar-refractivity contribution in [2.24, 2.45) is 5.10 Å². The van der Waals surface area contributed by atoms with E-state index in [0.717, 1.165) is 5.56 Å². The molecule has 0 saturated carbocycles. The van der Waals surface area contributed by atoms with Crippen molar-refractivity contribution in [1.29, 1.82) is 0 Å². The molecule has 0 aromatic heterocycles. The fraction of sp³-hybridized carbons (Fsp3) is 0.222. The average molecular weight is 330 g/mol. The molecule has 0 saturated heterocycles. The minimum Gasteiger partial charge on any atom is -0.497 e. The smallest absolute Gasteiger partial charge is 0.277 e. The molecule has 6 heteroatoms. The van der Waals surface area contributed by atoms with Crippen LogP contribution >= 0.6 is 0 Å². The number of nitrogens with zero attached hydrogens (tertiary/aromatic N) is 1. The third-order valence-electron chi connectivity index (χ3n) is 3.26. The van der Waals surface area contributed by atoms with Crippen molar-refractivity contribution in [3.8, 4) is 11.5 Å². The van der Waals surface area contributed by atoms with E-state index in [1.165, 1.54) is 12.1 Å². The lowest BCUT2D eigenvalue weighted by Crippen LogP contribution is -2.26. The third-order valence-corrected chi connectivity index (χ3v) is 3.26. The largest absolute Gasteiger partial charge is 0.497 e. The molecule has 0 aliphatic carbocycles. The van der Waals surface area contributed by atoms with Crippen molar-refractivity contribution in [1.82, 2.24) is 5.43 Å². The van der Waals surface area contributed by atoms with E-state index in [0.29, 0.717) is 23.6 Å². The van der Waals surface area contributed by atoms with Gasteiger partial charge in [0.05, 0.1) is 12.8 Å². The van der Waals surface area contributed by atoms with E-state index in [2.05, 4.69) is 10.5 Å². The molecule has 0 fully saturated rings. The molecule has 1 N–H and O–H groups in total. The summed E-state index contributed by atoms with van der Waals surface area (Å²) in [5.41, 5.74) is 3.86. The van der Waals surface area contributed by atoms with Gasteiger partial charge in [-0.3, -0.25) is 4.79 Å². The molecule has 2 aromatic rings. The first-order chi connectivity index (χ1) is 11.6. The zero-order valence-electron chi connectivity index (χ0n) is 13.6. The van der Waals surface area contributed by atoms with E-state index in [1.54, 1.807) is 43.5 Å². The highest BCUT2D eigenvalue weighted by Crippen LogP contribution is 2.16. The van der Waals surface area contributed by atoms with Crippen LogP contribution in [0.4, 0.5) is 4.39 Å². The van der Waals surface area contributed by atoms with Crippen molar-refractivity contribution in [2.75, 3.05) is 13.7 Å². The molecule has 0 atom stereocenters. The number of halogens is 1. The highest BCUT2D eigenvalue weighted by molar-refractivity contribution is 6.00. The van der Waals surface area contributed by atoms with Gasteiger partial charge in [0.25, 0.3) is 5.91 Å². The van der Waals surface area contributed by atoms with E-state index in [9.17, 15) is 9.18 Å². The Labute approximate surface area is 140 Å². The van der Waals surface area contributed by atoms with Crippen LogP contribution in [0.1, 0.15) is 18.9 Å². The summed E-state index contributed by atoms with van der Waals surface area (Å²) in [6, 6.07) is 12.9. The second-order valence-electron chi connectivity index (χ2n) is 4.92. The Bertz CT molecular complexity index is 697. The van der Waals surface area contributed by atoms with Crippen LogP contribution in [0.15, 0.2) is 53.6 Å². The van der Waals surface area contributed by atoms with Gasteiger partial charge in [-0.25, -0.2) is 9.82 Å². The summed E-state index contributed by atoms with van der Waals surface area (Å²) in [6.07, 6.45) is 0.602. The lowest BCUT2D eigenvalue weighted by Gasteiger charge is -2.07. The Balaban J connectivity index is 1.89. The summed E-state index contributed by atoms with van der Waals surface area (Å²) < 4.78 is 23.4. The number of hydrogen-bond acceptors (Lipinski definition) is 4. The molecule has 0 aliphatic rings. The fourth-order valence-corrected chi connectivity index (χ4v) is 1.97. The van der Waals surface area contributed by atoms with Crippen LogP contribution in [0, 0.1) is 5.82 Å². The predicted octanol–water partition coefficient (Wildman–Crippen LogP) is 3.14. The van der Waals surface area contributed by atoms with Crippen molar-refractivity contribution >= 4 is 11.6 Å². The van der Waals surface area contributed by atoms with Gasteiger partial charge < -0.3 is 9.47 Å². The van der Waals surface area contributed by atoms with Crippen LogP contribution in [0.2, 0.25) is 0 Å². The van der Waals surface area contributed by atoms with Crippen molar-refractivity contribution < 1.29 is 18.7 Å². The summed E-state index contributed by atoms with van der Waals surface area (Å²) >= 11 is 0. The minimum atomic E-state index is -0.376. The Hall–Kier alpha value is -2.89. The number of carbonyl (C=O) groups excluding carboxylic acids is 1. The van der Waals surface area contributed by atoms with Crippen molar-refractivity contribution in [2.45, 2.75) is 13.3 Å². The number of amides is 1. The average Bonchev–Trinajstić information content (AvgIpc) is 2.62. The number of hydrazone groups is 1. The maximum atomic E-state index is 12.9. The van der Waals surface area contributed by atoms with Gasteiger partial charge in [0.2, 0.25) is 0 Å². The topological polar surface area (TPSA) is 59.9 Å². The summed E-state index contributed by atoms with van der Waals surface area (Å²) in [6.45, 7) is 1.75. The van der Waals surface area contributed by atoms with E-state index >= 15 is 0 Å². The van der Waals surface area contributed by atoms with Crippen LogP contribution in [-0.2, 0) is 4.79 Å². The summed E-state index contributed by atoms with van der Waals surface area (Å²) in [5.74, 6) is 0.581. The van der Waals surface area contributed by atoms with E-state index in [-0.39, 0.29) is 18.3 Å². The molecule has 5 nitrogen and oxygen atoms in total. The number of ether oxygens (including phenoxy) is 2. The first-order valence-corrected chi connectivity index (χ1v) is 7.50. The number of carbonyl (C=O) groups is 1. The van der Waals surface area contributed by atoms with Gasteiger partial charge in [-0.1, -0.05) is 19.1 Å². The Morgan fingerprint density at radius 1 is 1.08 bits per heavy atom. The van der Waals surface area contributed by atoms with Gasteiger partial charge in [0.15, 0.2) is 6.61 Å². The van der Waals surface area contributed by atoms with Gasteiger partial charge in [-0.15, -0.1) is 0 Å². The SMILES string of the molecule is CC/C(=N\NC(=O)COc1ccc(OC)cc1)c1ccc(F)cc1. The number of methoxy groups -OCH3 is 1. The van der Waals surface area contributed by atoms with Crippen LogP contribution in [0.3, 0.4) is 0 Å². The van der Waals surface area contributed by atoms with Crippen molar-refractivity contribution in [3.05, 3.63) is 59.9 Å². The molecule has 0 radical (unpaired) electrons. The zero-order valence-corrected chi connectivity index (χ0v) is 13.6. The normalized spacial score (nSPS) is 11.0. The third kappa shape index (κ3) is 5.08. The zero-order chi connectivity index (χ0) is 17.4. The predicted molar refractivity (Wildman–Crippen MR) is 89.9 cm³/mol. The first kappa shape index (κ1) is 17.5. The maximum Gasteiger partial charge on any atom is 0.277 e. The van der Waals surface area contributed by atoms with Gasteiger partial charge in [0, 0.05) is 0 Å². The van der Waals surface area contributed by atoms with Crippen molar-refractivity contribution in [3.63, 3.8) is 0 Å². The van der Waals surface area contributed by atoms with Crippen LogP contribution in [0.5, 0.6) is 11.5 Å². The van der Waals surface area contributed by atoms with E-state index in [1.807, 2.05) is 6.92 Å². The molecule has 0 bridgehead atoms. The fourth-order valence-electron chi connectivity index (χ4n) is 1.97. The quantitative estimate of drug-likeness (QED) is 0.627. The summed E-state index contributed by atoms with van der Waals surface area (Å²) in [5, 5.41) is 4.08. The standard InChI is InChI=1S/C18H19FN2O3/c1-3-17(13-4-6-14(19)7-5-13)20-21-18(22)12-24-16-10-8-15(23-2)9-11-16/h4-11H,3,12H2,1-2H3,(H,21,22)/b20-17+. The molecule has 0 heterocycles. The number of benzene rings is 2. The van der Waals surface area contributed by atoms with Gasteiger partial charge in [-0.05, 0) is 48.4 Å². The number of hydrogen-bond donors (Lipinski definition) is 1. The second kappa shape index (κ2) is 8.67. The molecule has 0 spiro atoms. The first-order valence-electron chi connectivity index (χ1n) is 7.50. The Kier molecular flexibility index (Phi) is 6.31. The number of rotatable bonds is 7. The molecule has 1 amide bonds. The highest BCUT2D eigenvalue weighted by Gasteiger charge is 2.05. The molecular weight excluding hydrogens is 311 g/mol. The lowest BCUT2D eigenvalue weighted by atomic mass is 10.1. The summed E-state index contributed by atoms with van der Waals surface area (Å²) in [4.78, 5) is 11.8. The van der Waals surface area contributed by atoms with Gasteiger partial charge in [-0.2, -0.15) is 5.10 Å². The van der Waals surface area contributed by atoms with Crippen LogP contribution in [0.25, 0.3) is 0 Å². The molecule has 24 heavy (non-hydrogen) atoms. The molecule has 126 valence electrons. The van der Waals surface area contributed by atoms with Crippen LogP contribution < -0.4 is 14.9 Å². The minimum absolute atomic E-state index is 0.157. The molecule has 0 unspecified atom stereocenters. The monoisotopic (exact) mass is 330 g/mol.